The molecule has 29 heavy (non-hydrogen) atoms. The van der Waals surface area contributed by atoms with Crippen molar-refractivity contribution >= 4 is 6.09 Å². The van der Waals surface area contributed by atoms with Crippen LogP contribution in [0.4, 0.5) is 4.79 Å². The van der Waals surface area contributed by atoms with Gasteiger partial charge in [0.05, 0.1) is 7.98 Å². The summed E-state index contributed by atoms with van der Waals surface area (Å²) in [6, 6.07) is 16.6. The van der Waals surface area contributed by atoms with Gasteiger partial charge in [0.25, 0.3) is 0 Å². The van der Waals surface area contributed by atoms with Gasteiger partial charge in [0.15, 0.2) is 12.6 Å². The minimum Gasteiger partial charge on any atom is -0.445 e. The third-order valence-electron chi connectivity index (χ3n) is 4.84. The van der Waals surface area contributed by atoms with Crippen LogP contribution in [0.3, 0.4) is 0 Å². The number of alkyl carbamates (subject to hydrolysis) is 1. The molecule has 8 heteroatoms. The zero-order valence-corrected chi connectivity index (χ0v) is 15.5. The van der Waals surface area contributed by atoms with Crippen molar-refractivity contribution in [2.75, 3.05) is 6.61 Å². The maximum atomic E-state index is 12.2. The van der Waals surface area contributed by atoms with Gasteiger partial charge in [0, 0.05) is 5.56 Å². The van der Waals surface area contributed by atoms with Crippen LogP contribution in [0, 0.1) is 0 Å². The van der Waals surface area contributed by atoms with E-state index < -0.39 is 49.6 Å². The smallest absolute Gasteiger partial charge is 0.407 e. The molecule has 2 fully saturated rings. The fraction of sp³-hybridized carbons (Fsp3) is 0.381. The summed E-state index contributed by atoms with van der Waals surface area (Å²) in [6.45, 7) is -1.14. The number of hydrogen-bond acceptors (Lipinski definition) is 7. The highest BCUT2D eigenvalue weighted by Gasteiger charge is 2.49. The molecular weight excluding hydrogens is 378 g/mol. The predicted octanol–water partition coefficient (Wildman–Crippen LogP) is 1.47. The standard InChI is InChI=1S/C21H23NO7/c23-17-16(22-21(25)27-11-13-7-3-1-4-8-13)19(24)28-15-12-26-20(29-18(15)17)14-9-5-2-6-10-14/h1-10,15-20,23-24H,11-12H2,(H,22,25)/t15-,16-,17-,18-,19?,20?/m1/s1/i11D/t11?,15-,16-,17-,18-,19?,20?. The average Bonchev–Trinajstić information content (AvgIpc) is 2.77. The molecule has 2 aliphatic heterocycles. The van der Waals surface area contributed by atoms with E-state index in [1.807, 2.05) is 30.3 Å². The first kappa shape index (κ1) is 18.5. The maximum Gasteiger partial charge on any atom is 0.407 e. The van der Waals surface area contributed by atoms with Gasteiger partial charge in [-0.2, -0.15) is 0 Å². The highest BCUT2D eigenvalue weighted by Crippen LogP contribution is 2.33. The Hall–Kier alpha value is -2.49. The molecule has 2 saturated heterocycles. The summed E-state index contributed by atoms with van der Waals surface area (Å²) >= 11 is 0. The first-order chi connectivity index (χ1) is 14.5. The number of ether oxygens (including phenoxy) is 4. The van der Waals surface area contributed by atoms with Gasteiger partial charge in [0.2, 0.25) is 0 Å². The minimum absolute atomic E-state index is 0.109. The Labute approximate surface area is 169 Å². The zero-order chi connectivity index (χ0) is 21.1. The van der Waals surface area contributed by atoms with Crippen LogP contribution in [-0.4, -0.2) is 53.6 Å². The fourth-order valence-electron chi connectivity index (χ4n) is 3.37. The van der Waals surface area contributed by atoms with Crippen LogP contribution in [0.5, 0.6) is 0 Å². The highest BCUT2D eigenvalue weighted by atomic mass is 16.7. The van der Waals surface area contributed by atoms with Crippen LogP contribution in [0.2, 0.25) is 0 Å². The Morgan fingerprint density at radius 2 is 1.79 bits per heavy atom. The van der Waals surface area contributed by atoms with E-state index in [4.69, 9.17) is 20.3 Å². The second kappa shape index (κ2) is 8.89. The van der Waals surface area contributed by atoms with Gasteiger partial charge in [-0.3, -0.25) is 0 Å². The summed E-state index contributed by atoms with van der Waals surface area (Å²) in [5.41, 5.74) is 1.27. The van der Waals surface area contributed by atoms with Crippen LogP contribution in [0.25, 0.3) is 0 Å². The van der Waals surface area contributed by atoms with Crippen molar-refractivity contribution in [2.45, 2.75) is 43.5 Å². The van der Waals surface area contributed by atoms with Crippen molar-refractivity contribution in [3.8, 4) is 0 Å². The number of aliphatic hydroxyl groups excluding tert-OH is 2. The van der Waals surface area contributed by atoms with Crippen LogP contribution in [-0.2, 0) is 25.5 Å². The average molecular weight is 402 g/mol. The second-order valence-corrected chi connectivity index (χ2v) is 6.84. The maximum absolute atomic E-state index is 12.2. The number of hydrogen-bond donors (Lipinski definition) is 3. The molecule has 154 valence electrons. The Morgan fingerprint density at radius 1 is 1.10 bits per heavy atom. The van der Waals surface area contributed by atoms with Crippen molar-refractivity contribution < 1.29 is 35.3 Å². The van der Waals surface area contributed by atoms with E-state index in [0.29, 0.717) is 5.56 Å². The van der Waals surface area contributed by atoms with Crippen LogP contribution in [0.1, 0.15) is 18.8 Å². The van der Waals surface area contributed by atoms with Crippen molar-refractivity contribution in [1.29, 1.82) is 0 Å². The van der Waals surface area contributed by atoms with E-state index in [2.05, 4.69) is 5.32 Å². The van der Waals surface area contributed by atoms with Crippen LogP contribution < -0.4 is 5.32 Å². The van der Waals surface area contributed by atoms with Crippen LogP contribution in [0.15, 0.2) is 60.7 Å². The minimum atomic E-state index is -1.49. The molecule has 0 aliphatic carbocycles. The van der Waals surface area contributed by atoms with Gasteiger partial charge in [0.1, 0.15) is 30.9 Å². The second-order valence-electron chi connectivity index (χ2n) is 6.84. The van der Waals surface area contributed by atoms with E-state index in [1.165, 1.54) is 0 Å². The molecule has 8 nitrogen and oxygen atoms in total. The number of aliphatic hydroxyl groups is 2. The number of nitrogens with one attached hydrogen (secondary N) is 1. The lowest BCUT2D eigenvalue weighted by molar-refractivity contribution is -0.337. The highest BCUT2D eigenvalue weighted by molar-refractivity contribution is 5.67. The molecule has 2 aromatic rings. The Balaban J connectivity index is 1.39. The topological polar surface area (TPSA) is 106 Å². The van der Waals surface area contributed by atoms with Gasteiger partial charge < -0.3 is 34.5 Å². The van der Waals surface area contributed by atoms with E-state index in [9.17, 15) is 15.0 Å². The molecular formula is C21H23NO7. The third-order valence-corrected chi connectivity index (χ3v) is 4.84. The lowest BCUT2D eigenvalue weighted by atomic mass is 9.96. The van der Waals surface area contributed by atoms with Gasteiger partial charge >= 0.3 is 6.09 Å². The van der Waals surface area contributed by atoms with E-state index in [1.54, 1.807) is 30.3 Å². The molecule has 0 aromatic heterocycles. The number of benzene rings is 2. The molecule has 0 spiro atoms. The molecule has 7 atom stereocenters. The lowest BCUT2D eigenvalue weighted by Crippen LogP contribution is -2.66. The third kappa shape index (κ3) is 4.58. The van der Waals surface area contributed by atoms with Crippen molar-refractivity contribution in [1.82, 2.24) is 5.32 Å². The van der Waals surface area contributed by atoms with Gasteiger partial charge in [-0.15, -0.1) is 0 Å². The SMILES string of the molecule is [2H]C(OC(=O)N[C@H]1C(O)O[C@@H]2COC(c3ccccc3)O[C@H]2[C@@H]1O)c1ccccc1. The first-order valence-corrected chi connectivity index (χ1v) is 9.31. The number of fused-ring (bicyclic) bond motifs is 1. The van der Waals surface area contributed by atoms with Gasteiger partial charge in [-0.05, 0) is 5.56 Å². The summed E-state index contributed by atoms with van der Waals surface area (Å²) in [5.74, 6) is 0. The molecule has 2 aromatic carbocycles. The Morgan fingerprint density at radius 3 is 2.52 bits per heavy atom. The van der Waals surface area contributed by atoms with E-state index in [0.717, 1.165) is 5.56 Å². The monoisotopic (exact) mass is 402 g/mol. The van der Waals surface area contributed by atoms with E-state index in [-0.39, 0.29) is 6.61 Å². The summed E-state index contributed by atoms with van der Waals surface area (Å²) < 4.78 is 30.0. The summed E-state index contributed by atoms with van der Waals surface area (Å²) in [4.78, 5) is 12.2. The molecule has 0 bridgehead atoms. The molecule has 1 amide bonds. The van der Waals surface area contributed by atoms with Gasteiger partial charge in [-0.1, -0.05) is 60.7 Å². The van der Waals surface area contributed by atoms with E-state index >= 15 is 0 Å². The largest absolute Gasteiger partial charge is 0.445 e. The number of rotatable bonds is 4. The molecule has 0 radical (unpaired) electrons. The number of amides is 1. The molecule has 2 aliphatic rings. The van der Waals surface area contributed by atoms with Crippen LogP contribution >= 0.6 is 0 Å². The number of carbonyl (C=O) groups excluding carboxylic acids is 1. The molecule has 4 rings (SSSR count). The van der Waals surface area contributed by atoms with Gasteiger partial charge in [-0.25, -0.2) is 4.79 Å². The molecule has 2 heterocycles. The number of carbonyl (C=O) groups is 1. The van der Waals surface area contributed by atoms with Crippen molar-refractivity contribution in [3.63, 3.8) is 0 Å². The quantitative estimate of drug-likeness (QED) is 0.711. The normalized spacial score (nSPS) is 33.1. The fourth-order valence-corrected chi connectivity index (χ4v) is 3.37. The summed E-state index contributed by atoms with van der Waals surface area (Å²) in [5, 5.41) is 23.4. The lowest BCUT2D eigenvalue weighted by Gasteiger charge is -2.46. The molecule has 3 unspecified atom stereocenters. The summed E-state index contributed by atoms with van der Waals surface area (Å²) in [6.07, 6.45) is -5.96. The summed E-state index contributed by atoms with van der Waals surface area (Å²) in [7, 11) is 0. The first-order valence-electron chi connectivity index (χ1n) is 9.88. The Bertz CT molecular complexity index is 840. The molecule has 0 saturated carbocycles. The van der Waals surface area contributed by atoms with Crippen molar-refractivity contribution in [2.24, 2.45) is 0 Å². The predicted molar refractivity (Wildman–Crippen MR) is 100 cm³/mol. The molecule has 3 N–H and O–H groups in total. The zero-order valence-electron chi connectivity index (χ0n) is 16.5. The van der Waals surface area contributed by atoms with Crippen molar-refractivity contribution in [3.05, 3.63) is 71.8 Å². The Kier molecular flexibility index (Phi) is 5.68.